The largest absolute Gasteiger partial charge is 0.445 e. The molecule has 0 aliphatic carbocycles. The van der Waals surface area contributed by atoms with Gasteiger partial charge in [0.15, 0.2) is 11.6 Å². The van der Waals surface area contributed by atoms with Crippen molar-refractivity contribution in [1.82, 2.24) is 10.2 Å². The van der Waals surface area contributed by atoms with Crippen molar-refractivity contribution in [3.8, 4) is 0 Å². The van der Waals surface area contributed by atoms with Gasteiger partial charge in [0.1, 0.15) is 6.61 Å². The molecule has 2 rings (SSSR count). The Hall–Kier alpha value is -1.40. The minimum absolute atomic E-state index is 0.139. The molecule has 0 bridgehead atoms. The highest BCUT2D eigenvalue weighted by Crippen LogP contribution is 2.20. The molecule has 1 saturated heterocycles. The maximum Gasteiger partial charge on any atom is 0.410 e. The quantitative estimate of drug-likeness (QED) is 0.849. The van der Waals surface area contributed by atoms with Crippen molar-refractivity contribution in [3.63, 3.8) is 0 Å². The van der Waals surface area contributed by atoms with Gasteiger partial charge in [-0.3, -0.25) is 0 Å². The predicted octanol–water partition coefficient (Wildman–Crippen LogP) is 2.16. The summed E-state index contributed by atoms with van der Waals surface area (Å²) in [5.41, 5.74) is 0.312. The number of halogens is 3. The first-order valence-electron chi connectivity index (χ1n) is 5.84. The fraction of sp³-hybridized carbons (Fsp3) is 0.417. The average molecular weight is 291 g/mol. The number of amides is 1. The Bertz CT molecular complexity index is 456. The van der Waals surface area contributed by atoms with E-state index in [1.807, 2.05) is 0 Å². The summed E-state index contributed by atoms with van der Waals surface area (Å²) >= 11 is 5.51. The van der Waals surface area contributed by atoms with Crippen LogP contribution in [0, 0.1) is 11.6 Å². The van der Waals surface area contributed by atoms with Gasteiger partial charge in [-0.2, -0.15) is 0 Å². The Morgan fingerprint density at radius 3 is 2.68 bits per heavy atom. The first-order chi connectivity index (χ1) is 9.08. The van der Waals surface area contributed by atoms with Crippen molar-refractivity contribution < 1.29 is 18.3 Å². The van der Waals surface area contributed by atoms with E-state index in [2.05, 4.69) is 5.32 Å². The van der Waals surface area contributed by atoms with Crippen LogP contribution in [0.4, 0.5) is 13.6 Å². The van der Waals surface area contributed by atoms with Gasteiger partial charge in [0.05, 0.1) is 5.02 Å². The van der Waals surface area contributed by atoms with Gasteiger partial charge >= 0.3 is 6.09 Å². The Labute approximate surface area is 114 Å². The number of nitrogens with one attached hydrogen (secondary N) is 1. The summed E-state index contributed by atoms with van der Waals surface area (Å²) in [6.07, 6.45) is -0.470. The van der Waals surface area contributed by atoms with Crippen LogP contribution in [0.25, 0.3) is 0 Å². The second-order valence-electron chi connectivity index (χ2n) is 4.17. The van der Waals surface area contributed by atoms with Crippen molar-refractivity contribution in [2.24, 2.45) is 0 Å². The number of piperazine rings is 1. The number of hydrogen-bond acceptors (Lipinski definition) is 3. The lowest BCUT2D eigenvalue weighted by molar-refractivity contribution is 0.0917. The van der Waals surface area contributed by atoms with E-state index in [9.17, 15) is 13.6 Å². The Balaban J connectivity index is 1.93. The molecule has 0 atom stereocenters. The van der Waals surface area contributed by atoms with Gasteiger partial charge in [-0.15, -0.1) is 0 Å². The van der Waals surface area contributed by atoms with Crippen molar-refractivity contribution >= 4 is 17.7 Å². The molecule has 1 N–H and O–H groups in total. The van der Waals surface area contributed by atoms with Crippen molar-refractivity contribution in [2.75, 3.05) is 26.2 Å². The standard InChI is InChI=1S/C12H13ClF2N2O2/c13-9-5-8(6-10(14)11(9)15)7-19-12(18)17-3-1-16-2-4-17/h5-6,16H,1-4,7H2. The molecule has 19 heavy (non-hydrogen) atoms. The number of nitrogens with zero attached hydrogens (tertiary/aromatic N) is 1. The molecule has 1 fully saturated rings. The van der Waals surface area contributed by atoms with Crippen LogP contribution in [0.5, 0.6) is 0 Å². The van der Waals surface area contributed by atoms with Gasteiger partial charge in [-0.1, -0.05) is 11.6 Å². The Morgan fingerprint density at radius 1 is 1.37 bits per heavy atom. The van der Waals surface area contributed by atoms with Crippen LogP contribution in [0.2, 0.25) is 5.02 Å². The van der Waals surface area contributed by atoms with E-state index in [1.54, 1.807) is 4.90 Å². The zero-order valence-corrected chi connectivity index (χ0v) is 10.8. The van der Waals surface area contributed by atoms with E-state index in [4.69, 9.17) is 16.3 Å². The normalized spacial score (nSPS) is 15.4. The highest BCUT2D eigenvalue weighted by atomic mass is 35.5. The fourth-order valence-corrected chi connectivity index (χ4v) is 2.01. The molecular weight excluding hydrogens is 278 g/mol. The maximum atomic E-state index is 13.1. The monoisotopic (exact) mass is 290 g/mol. The number of carbonyl (C=O) groups is 1. The smallest absolute Gasteiger partial charge is 0.410 e. The molecule has 0 aromatic heterocycles. The molecule has 104 valence electrons. The van der Waals surface area contributed by atoms with Gasteiger partial charge in [-0.05, 0) is 17.7 Å². The van der Waals surface area contributed by atoms with E-state index in [0.29, 0.717) is 31.7 Å². The summed E-state index contributed by atoms with van der Waals surface area (Å²) in [4.78, 5) is 13.2. The summed E-state index contributed by atoms with van der Waals surface area (Å²) in [6.45, 7) is 2.42. The highest BCUT2D eigenvalue weighted by Gasteiger charge is 2.18. The molecule has 0 spiro atoms. The number of benzene rings is 1. The number of carbonyl (C=O) groups excluding carboxylic acids is 1. The summed E-state index contributed by atoms with van der Waals surface area (Å²) < 4.78 is 31.1. The van der Waals surface area contributed by atoms with Crippen LogP contribution in [0.15, 0.2) is 12.1 Å². The van der Waals surface area contributed by atoms with E-state index in [1.165, 1.54) is 6.07 Å². The molecule has 0 saturated carbocycles. The van der Waals surface area contributed by atoms with Gasteiger partial charge in [0, 0.05) is 26.2 Å². The number of ether oxygens (including phenoxy) is 1. The van der Waals surface area contributed by atoms with Crippen LogP contribution in [0.1, 0.15) is 5.56 Å². The van der Waals surface area contributed by atoms with Crippen molar-refractivity contribution in [1.29, 1.82) is 0 Å². The molecule has 7 heteroatoms. The lowest BCUT2D eigenvalue weighted by atomic mass is 10.2. The predicted molar refractivity (Wildman–Crippen MR) is 66.0 cm³/mol. The average Bonchev–Trinajstić information content (AvgIpc) is 2.43. The number of hydrogen-bond donors (Lipinski definition) is 1. The molecule has 1 amide bonds. The highest BCUT2D eigenvalue weighted by molar-refractivity contribution is 6.30. The van der Waals surface area contributed by atoms with Crippen LogP contribution >= 0.6 is 11.6 Å². The van der Waals surface area contributed by atoms with Crippen LogP contribution in [-0.2, 0) is 11.3 Å². The van der Waals surface area contributed by atoms with Crippen LogP contribution < -0.4 is 5.32 Å². The first-order valence-corrected chi connectivity index (χ1v) is 6.21. The minimum Gasteiger partial charge on any atom is -0.445 e. The molecule has 1 aliphatic heterocycles. The van der Waals surface area contributed by atoms with Gasteiger partial charge in [0.2, 0.25) is 0 Å². The van der Waals surface area contributed by atoms with Gasteiger partial charge < -0.3 is 15.0 Å². The van der Waals surface area contributed by atoms with E-state index in [-0.39, 0.29) is 11.6 Å². The van der Waals surface area contributed by atoms with E-state index < -0.39 is 17.7 Å². The van der Waals surface area contributed by atoms with Crippen LogP contribution in [0.3, 0.4) is 0 Å². The minimum atomic E-state index is -1.10. The molecule has 4 nitrogen and oxygen atoms in total. The third-order valence-corrected chi connectivity index (χ3v) is 3.06. The summed E-state index contributed by atoms with van der Waals surface area (Å²) in [5, 5.41) is 2.78. The SMILES string of the molecule is O=C(OCc1cc(F)c(F)c(Cl)c1)N1CCNCC1. The number of rotatable bonds is 2. The van der Waals surface area contributed by atoms with Crippen LogP contribution in [-0.4, -0.2) is 37.2 Å². The fourth-order valence-electron chi connectivity index (χ4n) is 1.78. The zero-order valence-electron chi connectivity index (χ0n) is 10.1. The second-order valence-corrected chi connectivity index (χ2v) is 4.57. The Kier molecular flexibility index (Phi) is 4.55. The Morgan fingerprint density at radius 2 is 2.05 bits per heavy atom. The summed E-state index contributed by atoms with van der Waals surface area (Å²) in [5.74, 6) is -2.15. The molecule has 1 aromatic rings. The van der Waals surface area contributed by atoms with Gasteiger partial charge in [0.25, 0.3) is 0 Å². The topological polar surface area (TPSA) is 41.6 Å². The molecule has 1 aliphatic rings. The van der Waals surface area contributed by atoms with Crippen molar-refractivity contribution in [3.05, 3.63) is 34.4 Å². The zero-order chi connectivity index (χ0) is 13.8. The molecule has 1 aromatic carbocycles. The first kappa shape index (κ1) is 14.0. The lowest BCUT2D eigenvalue weighted by Gasteiger charge is -2.26. The van der Waals surface area contributed by atoms with E-state index in [0.717, 1.165) is 6.07 Å². The lowest BCUT2D eigenvalue weighted by Crippen LogP contribution is -2.46. The second kappa shape index (κ2) is 6.16. The summed E-state index contributed by atoms with van der Waals surface area (Å²) in [7, 11) is 0. The molecule has 0 unspecified atom stereocenters. The molecule has 1 heterocycles. The summed E-state index contributed by atoms with van der Waals surface area (Å²) in [6, 6.07) is 2.21. The molecule has 0 radical (unpaired) electrons. The molecular formula is C12H13ClF2N2O2. The van der Waals surface area contributed by atoms with Gasteiger partial charge in [-0.25, -0.2) is 13.6 Å². The van der Waals surface area contributed by atoms with Crippen molar-refractivity contribution in [2.45, 2.75) is 6.61 Å². The maximum absolute atomic E-state index is 13.1. The third-order valence-electron chi connectivity index (χ3n) is 2.78. The third kappa shape index (κ3) is 3.54. The van der Waals surface area contributed by atoms with E-state index >= 15 is 0 Å².